The van der Waals surface area contributed by atoms with Gasteiger partial charge in [0.15, 0.2) is 5.43 Å². The molecule has 1 atom stereocenters. The summed E-state index contributed by atoms with van der Waals surface area (Å²) in [7, 11) is 4.22. The third-order valence-electron chi connectivity index (χ3n) is 5.30. The Morgan fingerprint density at radius 3 is 2.72 bits per heavy atom. The molecule has 1 aliphatic heterocycles. The molecule has 5 nitrogen and oxygen atoms in total. The first-order valence-corrected chi connectivity index (χ1v) is 9.01. The Balaban J connectivity index is 1.82. The summed E-state index contributed by atoms with van der Waals surface area (Å²) in [5, 5.41) is 0.671. The molecule has 3 rings (SSSR count). The molecule has 1 aromatic carbocycles. The minimum Gasteiger partial charge on any atom is -0.341 e. The van der Waals surface area contributed by atoms with Gasteiger partial charge in [-0.1, -0.05) is 12.1 Å². The number of para-hydroxylation sites is 1. The van der Waals surface area contributed by atoms with Gasteiger partial charge in [-0.25, -0.2) is 0 Å². The Morgan fingerprint density at radius 2 is 1.96 bits per heavy atom. The highest BCUT2D eigenvalue weighted by molar-refractivity contribution is 5.82. The highest BCUT2D eigenvalue weighted by atomic mass is 16.2. The van der Waals surface area contributed by atoms with Gasteiger partial charge >= 0.3 is 0 Å². The maximum absolute atomic E-state index is 12.9. The number of aryl methyl sites for hydroxylation is 1. The smallest absolute Gasteiger partial charge is 0.242 e. The number of fused-ring (bicyclic) bond motifs is 1. The summed E-state index contributed by atoms with van der Waals surface area (Å²) in [6, 6.07) is 9.69. The van der Waals surface area contributed by atoms with Crippen LogP contribution in [-0.4, -0.2) is 53.5 Å². The molecule has 1 saturated heterocycles. The van der Waals surface area contributed by atoms with Gasteiger partial charge in [-0.3, -0.25) is 9.59 Å². The van der Waals surface area contributed by atoms with Gasteiger partial charge in [0.05, 0.1) is 5.52 Å². The zero-order chi connectivity index (χ0) is 18.0. The fourth-order valence-electron chi connectivity index (χ4n) is 3.74. The van der Waals surface area contributed by atoms with E-state index in [2.05, 4.69) is 19.0 Å². The lowest BCUT2D eigenvalue weighted by atomic mass is 10.1. The highest BCUT2D eigenvalue weighted by Gasteiger charge is 2.22. The van der Waals surface area contributed by atoms with Crippen LogP contribution in [0, 0.1) is 6.92 Å². The summed E-state index contributed by atoms with van der Waals surface area (Å²) in [5.74, 6) is 0.135. The van der Waals surface area contributed by atoms with E-state index in [9.17, 15) is 9.59 Å². The van der Waals surface area contributed by atoms with Gasteiger partial charge in [-0.05, 0) is 52.4 Å². The monoisotopic (exact) mass is 341 g/mol. The lowest BCUT2D eigenvalue weighted by molar-refractivity contribution is -0.131. The molecule has 1 amide bonds. The van der Waals surface area contributed by atoms with Gasteiger partial charge in [0, 0.05) is 36.3 Å². The molecule has 1 aliphatic rings. The third kappa shape index (κ3) is 3.76. The van der Waals surface area contributed by atoms with E-state index in [4.69, 9.17) is 0 Å². The third-order valence-corrected chi connectivity index (χ3v) is 5.30. The normalized spacial score (nSPS) is 18.6. The van der Waals surface area contributed by atoms with Crippen molar-refractivity contribution >= 4 is 16.8 Å². The topological polar surface area (TPSA) is 45.6 Å². The predicted octanol–water partition coefficient (Wildman–Crippen LogP) is 2.25. The molecule has 0 spiro atoms. The van der Waals surface area contributed by atoms with Gasteiger partial charge in [0.1, 0.15) is 6.54 Å². The van der Waals surface area contributed by atoms with E-state index in [1.165, 1.54) is 0 Å². The number of pyridine rings is 1. The maximum Gasteiger partial charge on any atom is 0.242 e. The van der Waals surface area contributed by atoms with Crippen LogP contribution in [0.4, 0.5) is 0 Å². The first kappa shape index (κ1) is 17.7. The molecule has 0 radical (unpaired) electrons. The maximum atomic E-state index is 12.9. The molecule has 2 heterocycles. The second-order valence-electron chi connectivity index (χ2n) is 7.18. The Labute approximate surface area is 148 Å². The largest absolute Gasteiger partial charge is 0.341 e. The molecule has 0 N–H and O–H groups in total. The molecule has 0 bridgehead atoms. The molecular formula is C20H27N3O2. The zero-order valence-electron chi connectivity index (χ0n) is 15.4. The molecule has 25 heavy (non-hydrogen) atoms. The molecular weight excluding hydrogens is 314 g/mol. The second-order valence-corrected chi connectivity index (χ2v) is 7.18. The van der Waals surface area contributed by atoms with Crippen LogP contribution in [0.25, 0.3) is 10.9 Å². The Bertz CT molecular complexity index is 825. The van der Waals surface area contributed by atoms with Gasteiger partial charge in [0.2, 0.25) is 5.91 Å². The van der Waals surface area contributed by atoms with Crippen LogP contribution < -0.4 is 5.43 Å². The zero-order valence-corrected chi connectivity index (χ0v) is 15.4. The van der Waals surface area contributed by atoms with Gasteiger partial charge in [-0.2, -0.15) is 0 Å². The number of likely N-dealkylation sites (tertiary alicyclic amines) is 1. The van der Waals surface area contributed by atoms with E-state index in [1.54, 1.807) is 6.07 Å². The van der Waals surface area contributed by atoms with Crippen molar-refractivity contribution in [3.63, 3.8) is 0 Å². The van der Waals surface area contributed by atoms with Crippen molar-refractivity contribution in [1.82, 2.24) is 14.4 Å². The fraction of sp³-hybridized carbons (Fsp3) is 0.500. The van der Waals surface area contributed by atoms with E-state index >= 15 is 0 Å². The lowest BCUT2D eigenvalue weighted by Gasteiger charge is -2.24. The number of hydrogen-bond donors (Lipinski definition) is 0. The summed E-state index contributed by atoms with van der Waals surface area (Å²) < 4.78 is 1.97. The van der Waals surface area contributed by atoms with E-state index < -0.39 is 0 Å². The average Bonchev–Trinajstić information content (AvgIpc) is 2.85. The summed E-state index contributed by atoms with van der Waals surface area (Å²) in [6.07, 6.45) is 3.19. The van der Waals surface area contributed by atoms with Crippen LogP contribution in [0.2, 0.25) is 0 Å². The SMILES string of the molecule is Cc1cc(=O)c2ccccc2n1CC(=O)N1CCC[C@H](N(C)C)CC1. The van der Waals surface area contributed by atoms with Crippen LogP contribution in [0.1, 0.15) is 25.0 Å². The molecule has 1 fully saturated rings. The number of nitrogens with zero attached hydrogens (tertiary/aromatic N) is 3. The summed E-state index contributed by atoms with van der Waals surface area (Å²) >= 11 is 0. The van der Waals surface area contributed by atoms with Crippen molar-refractivity contribution in [2.75, 3.05) is 27.2 Å². The number of amides is 1. The minimum absolute atomic E-state index is 0.0143. The first-order valence-electron chi connectivity index (χ1n) is 9.01. The van der Waals surface area contributed by atoms with Crippen LogP contribution in [-0.2, 0) is 11.3 Å². The van der Waals surface area contributed by atoms with Crippen molar-refractivity contribution in [2.24, 2.45) is 0 Å². The Morgan fingerprint density at radius 1 is 1.20 bits per heavy atom. The molecule has 0 saturated carbocycles. The van der Waals surface area contributed by atoms with Crippen LogP contribution in [0.5, 0.6) is 0 Å². The standard InChI is InChI=1S/C20H27N3O2/c1-15-13-19(24)17-8-4-5-9-18(17)23(15)14-20(25)22-11-6-7-16(10-12-22)21(2)3/h4-5,8-9,13,16H,6-7,10-12,14H2,1-3H3/t16-/m0/s1. The molecule has 0 aliphatic carbocycles. The van der Waals surface area contributed by atoms with Crippen LogP contribution >= 0.6 is 0 Å². The minimum atomic E-state index is 0.0143. The van der Waals surface area contributed by atoms with E-state index in [0.717, 1.165) is 43.6 Å². The number of hydrogen-bond acceptors (Lipinski definition) is 3. The Hall–Kier alpha value is -2.14. The summed E-state index contributed by atoms with van der Waals surface area (Å²) in [6.45, 7) is 3.81. The average molecular weight is 341 g/mol. The molecule has 0 unspecified atom stereocenters. The van der Waals surface area contributed by atoms with Crippen molar-refractivity contribution < 1.29 is 4.79 Å². The van der Waals surface area contributed by atoms with Crippen molar-refractivity contribution in [3.05, 3.63) is 46.2 Å². The first-order chi connectivity index (χ1) is 12.0. The molecule has 1 aromatic heterocycles. The molecule has 5 heteroatoms. The van der Waals surface area contributed by atoms with Gasteiger partial charge in [-0.15, -0.1) is 0 Å². The van der Waals surface area contributed by atoms with Gasteiger partial charge in [0.25, 0.3) is 0 Å². The van der Waals surface area contributed by atoms with Crippen molar-refractivity contribution in [2.45, 2.75) is 38.8 Å². The van der Waals surface area contributed by atoms with E-state index in [1.807, 2.05) is 40.7 Å². The highest BCUT2D eigenvalue weighted by Crippen LogP contribution is 2.17. The summed E-state index contributed by atoms with van der Waals surface area (Å²) in [5.41, 5.74) is 1.68. The van der Waals surface area contributed by atoms with E-state index in [-0.39, 0.29) is 11.3 Å². The Kier molecular flexibility index (Phi) is 5.23. The molecule has 134 valence electrons. The van der Waals surface area contributed by atoms with Gasteiger partial charge < -0.3 is 14.4 Å². The molecule has 2 aromatic rings. The second kappa shape index (κ2) is 7.40. The quantitative estimate of drug-likeness (QED) is 0.860. The van der Waals surface area contributed by atoms with Crippen molar-refractivity contribution in [3.8, 4) is 0 Å². The lowest BCUT2D eigenvalue weighted by Crippen LogP contribution is -2.36. The van der Waals surface area contributed by atoms with E-state index in [0.29, 0.717) is 18.0 Å². The van der Waals surface area contributed by atoms with Crippen LogP contribution in [0.3, 0.4) is 0 Å². The number of carbonyl (C=O) groups excluding carboxylic acids is 1. The predicted molar refractivity (Wildman–Crippen MR) is 101 cm³/mol. The van der Waals surface area contributed by atoms with Crippen LogP contribution in [0.15, 0.2) is 35.1 Å². The fourth-order valence-corrected chi connectivity index (χ4v) is 3.74. The number of carbonyl (C=O) groups is 1. The number of rotatable bonds is 3. The summed E-state index contributed by atoms with van der Waals surface area (Å²) in [4.78, 5) is 29.3. The van der Waals surface area contributed by atoms with Crippen molar-refractivity contribution in [1.29, 1.82) is 0 Å². The number of benzene rings is 1. The number of aromatic nitrogens is 1.